The smallest absolute Gasteiger partial charge is 0.410 e. The molecule has 4 nitrogen and oxygen atoms in total. The first kappa shape index (κ1) is 17.5. The highest BCUT2D eigenvalue weighted by Gasteiger charge is 2.33. The number of rotatable bonds is 4. The summed E-state index contributed by atoms with van der Waals surface area (Å²) in [6.45, 7) is 10.6. The molecule has 1 heterocycles. The lowest BCUT2D eigenvalue weighted by Crippen LogP contribution is -2.50. The molecule has 1 aromatic carbocycles. The van der Waals surface area contributed by atoms with Gasteiger partial charge in [0.05, 0.1) is 25.3 Å². The first-order chi connectivity index (χ1) is 10.9. The Kier molecular flexibility index (Phi) is 5.83. The number of likely N-dealkylation sites (tertiary alicyclic amines) is 1. The van der Waals surface area contributed by atoms with Gasteiger partial charge in [0, 0.05) is 0 Å². The summed E-state index contributed by atoms with van der Waals surface area (Å²) in [6, 6.07) is 10.1. The number of carbonyl (C=O) groups is 1. The number of ether oxygens (including phenoxy) is 2. The van der Waals surface area contributed by atoms with Crippen LogP contribution in [-0.2, 0) is 16.1 Å². The molecule has 1 aromatic rings. The predicted octanol–water partition coefficient (Wildman–Crippen LogP) is 4.16. The molecule has 1 saturated heterocycles. The van der Waals surface area contributed by atoms with Crippen molar-refractivity contribution in [1.82, 2.24) is 4.90 Å². The lowest BCUT2D eigenvalue weighted by atomic mass is 10.0. The molecule has 1 amide bonds. The molecule has 23 heavy (non-hydrogen) atoms. The normalized spacial score (nSPS) is 21.8. The second-order valence-corrected chi connectivity index (χ2v) is 6.93. The number of hydrogen-bond donors (Lipinski definition) is 0. The van der Waals surface area contributed by atoms with Crippen molar-refractivity contribution in [1.29, 1.82) is 0 Å². The zero-order valence-electron chi connectivity index (χ0n) is 14.3. The summed E-state index contributed by atoms with van der Waals surface area (Å²) in [4.78, 5) is 14.1. The standard InChI is InChI=1S/C19H27NO3/c1-5-16-11-12-17(22-14-15-9-7-6-8-10-15)13-20(16)18(21)23-19(2,3)4/h5-10,16-17H,1,11-14H2,2-4H3/t16-,17+/m1/s1. The molecule has 0 spiro atoms. The Labute approximate surface area is 139 Å². The molecule has 2 rings (SSSR count). The fourth-order valence-corrected chi connectivity index (χ4v) is 2.66. The molecular weight excluding hydrogens is 290 g/mol. The van der Waals surface area contributed by atoms with Crippen LogP contribution in [0, 0.1) is 0 Å². The van der Waals surface area contributed by atoms with E-state index in [-0.39, 0.29) is 18.2 Å². The fraction of sp³-hybridized carbons (Fsp3) is 0.526. The van der Waals surface area contributed by atoms with E-state index in [4.69, 9.17) is 9.47 Å². The number of piperidine rings is 1. The number of carbonyl (C=O) groups excluding carboxylic acids is 1. The fourth-order valence-electron chi connectivity index (χ4n) is 2.66. The Hall–Kier alpha value is -1.81. The highest BCUT2D eigenvalue weighted by atomic mass is 16.6. The lowest BCUT2D eigenvalue weighted by molar-refractivity contribution is -0.0353. The molecule has 1 aliphatic heterocycles. The van der Waals surface area contributed by atoms with Crippen molar-refractivity contribution in [2.24, 2.45) is 0 Å². The van der Waals surface area contributed by atoms with Gasteiger partial charge in [-0.1, -0.05) is 36.4 Å². The minimum Gasteiger partial charge on any atom is -0.444 e. The van der Waals surface area contributed by atoms with Crippen LogP contribution in [0.15, 0.2) is 43.0 Å². The zero-order valence-corrected chi connectivity index (χ0v) is 14.3. The summed E-state index contributed by atoms with van der Waals surface area (Å²) in [7, 11) is 0. The molecule has 4 heteroatoms. The molecule has 0 N–H and O–H groups in total. The molecule has 2 atom stereocenters. The minimum atomic E-state index is -0.499. The molecule has 0 unspecified atom stereocenters. The van der Waals surface area contributed by atoms with Crippen LogP contribution in [0.3, 0.4) is 0 Å². The van der Waals surface area contributed by atoms with Crippen LogP contribution in [0.1, 0.15) is 39.2 Å². The molecule has 0 aromatic heterocycles. The largest absolute Gasteiger partial charge is 0.444 e. The van der Waals surface area contributed by atoms with Crippen molar-refractivity contribution < 1.29 is 14.3 Å². The molecule has 126 valence electrons. The van der Waals surface area contributed by atoms with Gasteiger partial charge in [0.1, 0.15) is 5.60 Å². The third kappa shape index (κ3) is 5.39. The SMILES string of the molecule is C=C[C@@H]1CC[C@H](OCc2ccccc2)CN1C(=O)OC(C)(C)C. The van der Waals surface area contributed by atoms with E-state index in [0.717, 1.165) is 18.4 Å². The van der Waals surface area contributed by atoms with Crippen molar-refractivity contribution in [3.8, 4) is 0 Å². The van der Waals surface area contributed by atoms with Gasteiger partial charge in [-0.15, -0.1) is 6.58 Å². The third-order valence-electron chi connectivity index (χ3n) is 3.81. The van der Waals surface area contributed by atoms with E-state index in [0.29, 0.717) is 13.2 Å². The number of amides is 1. The van der Waals surface area contributed by atoms with E-state index in [1.54, 1.807) is 4.90 Å². The summed E-state index contributed by atoms with van der Waals surface area (Å²) in [5.41, 5.74) is 0.642. The summed E-state index contributed by atoms with van der Waals surface area (Å²) < 4.78 is 11.5. The lowest BCUT2D eigenvalue weighted by Gasteiger charge is -2.38. The second-order valence-electron chi connectivity index (χ2n) is 6.93. The average molecular weight is 317 g/mol. The summed E-state index contributed by atoms with van der Waals surface area (Å²) in [5, 5.41) is 0. The molecule has 0 aliphatic carbocycles. The van der Waals surface area contributed by atoms with Gasteiger partial charge >= 0.3 is 6.09 Å². The van der Waals surface area contributed by atoms with E-state index < -0.39 is 5.60 Å². The Balaban J connectivity index is 1.94. The van der Waals surface area contributed by atoms with Gasteiger partial charge in [-0.2, -0.15) is 0 Å². The van der Waals surface area contributed by atoms with E-state index in [9.17, 15) is 4.79 Å². The van der Waals surface area contributed by atoms with Gasteiger partial charge in [0.15, 0.2) is 0 Å². The first-order valence-corrected chi connectivity index (χ1v) is 8.17. The van der Waals surface area contributed by atoms with Crippen molar-refractivity contribution >= 4 is 6.09 Å². The molecule has 0 saturated carbocycles. The zero-order chi connectivity index (χ0) is 16.9. The number of benzene rings is 1. The van der Waals surface area contributed by atoms with Crippen molar-refractivity contribution in [2.45, 2.75) is 58.0 Å². The molecule has 0 bridgehead atoms. The van der Waals surface area contributed by atoms with Crippen molar-refractivity contribution in [3.05, 3.63) is 48.6 Å². The second kappa shape index (κ2) is 7.64. The van der Waals surface area contributed by atoms with Gasteiger partial charge in [0.2, 0.25) is 0 Å². The summed E-state index contributed by atoms with van der Waals surface area (Å²) in [5.74, 6) is 0. The maximum absolute atomic E-state index is 12.4. The van der Waals surface area contributed by atoms with Crippen LogP contribution >= 0.6 is 0 Å². The van der Waals surface area contributed by atoms with E-state index in [2.05, 4.69) is 6.58 Å². The van der Waals surface area contributed by atoms with Gasteiger partial charge in [0.25, 0.3) is 0 Å². The topological polar surface area (TPSA) is 38.8 Å². The first-order valence-electron chi connectivity index (χ1n) is 8.17. The Morgan fingerprint density at radius 2 is 2.00 bits per heavy atom. The van der Waals surface area contributed by atoms with E-state index in [1.807, 2.05) is 57.2 Å². The van der Waals surface area contributed by atoms with Gasteiger partial charge in [-0.25, -0.2) is 4.79 Å². The van der Waals surface area contributed by atoms with Crippen LogP contribution < -0.4 is 0 Å². The van der Waals surface area contributed by atoms with Crippen LogP contribution in [0.2, 0.25) is 0 Å². The Morgan fingerprint density at radius 1 is 1.30 bits per heavy atom. The molecule has 1 fully saturated rings. The van der Waals surface area contributed by atoms with Crippen LogP contribution in [0.4, 0.5) is 4.79 Å². The van der Waals surface area contributed by atoms with E-state index in [1.165, 1.54) is 0 Å². The minimum absolute atomic E-state index is 0.0152. The van der Waals surface area contributed by atoms with Gasteiger partial charge in [-0.3, -0.25) is 4.90 Å². The predicted molar refractivity (Wildman–Crippen MR) is 91.2 cm³/mol. The number of hydrogen-bond acceptors (Lipinski definition) is 3. The molecule has 0 radical (unpaired) electrons. The number of nitrogens with zero attached hydrogens (tertiary/aromatic N) is 1. The average Bonchev–Trinajstić information content (AvgIpc) is 2.52. The van der Waals surface area contributed by atoms with Crippen molar-refractivity contribution in [3.63, 3.8) is 0 Å². The maximum Gasteiger partial charge on any atom is 0.410 e. The molecular formula is C19H27NO3. The summed E-state index contributed by atoms with van der Waals surface area (Å²) in [6.07, 6.45) is 3.32. The molecule has 1 aliphatic rings. The van der Waals surface area contributed by atoms with Gasteiger partial charge in [-0.05, 0) is 39.2 Å². The quantitative estimate of drug-likeness (QED) is 0.783. The Bertz CT molecular complexity index is 521. The monoisotopic (exact) mass is 317 g/mol. The van der Waals surface area contributed by atoms with Gasteiger partial charge < -0.3 is 9.47 Å². The van der Waals surface area contributed by atoms with Crippen LogP contribution in [0.25, 0.3) is 0 Å². The van der Waals surface area contributed by atoms with Crippen LogP contribution in [-0.4, -0.2) is 35.3 Å². The summed E-state index contributed by atoms with van der Waals surface area (Å²) >= 11 is 0. The van der Waals surface area contributed by atoms with E-state index >= 15 is 0 Å². The maximum atomic E-state index is 12.4. The third-order valence-corrected chi connectivity index (χ3v) is 3.81. The highest BCUT2D eigenvalue weighted by molar-refractivity contribution is 5.69. The van der Waals surface area contributed by atoms with Crippen LogP contribution in [0.5, 0.6) is 0 Å². The highest BCUT2D eigenvalue weighted by Crippen LogP contribution is 2.23. The van der Waals surface area contributed by atoms with Crippen molar-refractivity contribution in [2.75, 3.05) is 6.54 Å². The Morgan fingerprint density at radius 3 is 2.61 bits per heavy atom.